The van der Waals surface area contributed by atoms with Crippen molar-refractivity contribution in [3.63, 3.8) is 0 Å². The van der Waals surface area contributed by atoms with Crippen molar-refractivity contribution in [2.75, 3.05) is 6.54 Å². The van der Waals surface area contributed by atoms with Crippen LogP contribution >= 0.6 is 0 Å². The number of amides is 1. The lowest BCUT2D eigenvalue weighted by Gasteiger charge is -2.15. The van der Waals surface area contributed by atoms with E-state index in [0.717, 1.165) is 12.8 Å². The van der Waals surface area contributed by atoms with Gasteiger partial charge in [0.1, 0.15) is 0 Å². The highest BCUT2D eigenvalue weighted by Crippen LogP contribution is 2.36. The van der Waals surface area contributed by atoms with Crippen LogP contribution in [0.3, 0.4) is 0 Å². The van der Waals surface area contributed by atoms with Crippen molar-refractivity contribution >= 4 is 5.91 Å². The van der Waals surface area contributed by atoms with Crippen molar-refractivity contribution < 1.29 is 31.1 Å². The Morgan fingerprint density at radius 1 is 1.05 bits per heavy atom. The second-order valence-corrected chi connectivity index (χ2v) is 4.72. The first-order valence-corrected chi connectivity index (χ1v) is 6.64. The van der Waals surface area contributed by atoms with Crippen LogP contribution in [0.4, 0.5) is 26.3 Å². The Balaban J connectivity index is 3.09. The number of alkyl halides is 6. The smallest absolute Gasteiger partial charge is 0.352 e. The summed E-state index contributed by atoms with van der Waals surface area (Å²) in [6.07, 6.45) is -7.58. The fourth-order valence-electron chi connectivity index (χ4n) is 1.83. The second kappa shape index (κ2) is 7.02. The number of nitrogens with one attached hydrogen (secondary N) is 1. The third-order valence-electron chi connectivity index (χ3n) is 2.96. The first-order valence-electron chi connectivity index (χ1n) is 6.64. The molecule has 0 fully saturated rings. The number of carbonyl (C=O) groups is 1. The Morgan fingerprint density at radius 2 is 1.68 bits per heavy atom. The van der Waals surface area contributed by atoms with Gasteiger partial charge in [0.2, 0.25) is 0 Å². The van der Waals surface area contributed by atoms with Crippen LogP contribution in [0.5, 0.6) is 0 Å². The first-order chi connectivity index (χ1) is 10.1. The van der Waals surface area contributed by atoms with Crippen molar-refractivity contribution in [3.05, 3.63) is 34.9 Å². The molecule has 1 amide bonds. The van der Waals surface area contributed by atoms with Crippen LogP contribution in [0.1, 0.15) is 47.7 Å². The van der Waals surface area contributed by atoms with Gasteiger partial charge in [0.25, 0.3) is 5.91 Å². The summed E-state index contributed by atoms with van der Waals surface area (Å²) in [7, 11) is 0. The van der Waals surface area contributed by atoms with Gasteiger partial charge in [-0.25, -0.2) is 0 Å². The fraction of sp³-hybridized carbons (Fsp3) is 0.500. The Kier molecular flexibility index (Phi) is 5.85. The third-order valence-corrected chi connectivity index (χ3v) is 2.96. The van der Waals surface area contributed by atoms with E-state index in [-0.39, 0.29) is 18.7 Å². The van der Waals surface area contributed by atoms with Gasteiger partial charge in [-0.05, 0) is 24.6 Å². The zero-order chi connectivity index (χ0) is 17.0. The molecule has 1 N–H and O–H groups in total. The highest BCUT2D eigenvalue weighted by Gasteiger charge is 2.38. The molecule has 8 heteroatoms. The summed E-state index contributed by atoms with van der Waals surface area (Å²) in [5.74, 6) is -1.16. The second-order valence-electron chi connectivity index (χ2n) is 4.72. The monoisotopic (exact) mass is 327 g/mol. The van der Waals surface area contributed by atoms with Crippen LogP contribution in [-0.2, 0) is 12.4 Å². The lowest BCUT2D eigenvalue weighted by molar-refractivity contribution is -0.141. The van der Waals surface area contributed by atoms with Crippen LogP contribution in [0, 0.1) is 0 Å². The number of hydrogen-bond donors (Lipinski definition) is 1. The molecular formula is C14H15F6NO. The van der Waals surface area contributed by atoms with Gasteiger partial charge >= 0.3 is 12.4 Å². The fourth-order valence-corrected chi connectivity index (χ4v) is 1.83. The Hall–Kier alpha value is -1.73. The number of hydrogen-bond acceptors (Lipinski definition) is 1. The summed E-state index contributed by atoms with van der Waals surface area (Å²) in [4.78, 5) is 11.8. The number of unbranched alkanes of at least 4 members (excludes halogenated alkanes) is 2. The van der Waals surface area contributed by atoms with Crippen LogP contribution in [0.15, 0.2) is 18.2 Å². The number of benzene rings is 1. The van der Waals surface area contributed by atoms with E-state index in [2.05, 4.69) is 5.32 Å². The molecule has 0 atom stereocenters. The SMILES string of the molecule is CCCCCNC(=O)c1cc(C(F)(F)F)ccc1C(F)(F)F. The van der Waals surface area contributed by atoms with Gasteiger partial charge in [-0.3, -0.25) is 4.79 Å². The molecule has 0 aliphatic heterocycles. The number of carbonyl (C=O) groups excluding carboxylic acids is 1. The predicted octanol–water partition coefficient (Wildman–Crippen LogP) is 4.64. The largest absolute Gasteiger partial charge is 0.417 e. The summed E-state index contributed by atoms with van der Waals surface area (Å²) in [6.45, 7) is 2.01. The molecule has 0 saturated carbocycles. The maximum absolute atomic E-state index is 12.8. The summed E-state index contributed by atoms with van der Waals surface area (Å²) >= 11 is 0. The number of halogens is 6. The van der Waals surface area contributed by atoms with Crippen molar-refractivity contribution in [1.82, 2.24) is 5.32 Å². The van der Waals surface area contributed by atoms with E-state index >= 15 is 0 Å². The lowest BCUT2D eigenvalue weighted by atomic mass is 10.0. The van der Waals surface area contributed by atoms with Gasteiger partial charge in [0.05, 0.1) is 16.7 Å². The molecule has 0 radical (unpaired) electrons. The molecule has 0 heterocycles. The normalized spacial score (nSPS) is 12.3. The van der Waals surface area contributed by atoms with Crippen LogP contribution < -0.4 is 5.32 Å². The Morgan fingerprint density at radius 3 is 2.18 bits per heavy atom. The van der Waals surface area contributed by atoms with E-state index in [9.17, 15) is 31.1 Å². The third kappa shape index (κ3) is 4.92. The van der Waals surface area contributed by atoms with E-state index in [1.165, 1.54) is 0 Å². The molecule has 2 nitrogen and oxygen atoms in total. The molecule has 0 aliphatic rings. The standard InChI is InChI=1S/C14H15F6NO/c1-2-3-4-7-21-12(22)10-8-9(13(15,16)17)5-6-11(10)14(18,19)20/h5-6,8H,2-4,7H2,1H3,(H,21,22). The summed E-state index contributed by atoms with van der Waals surface area (Å²) in [5.41, 5.74) is -3.69. The highest BCUT2D eigenvalue weighted by molar-refractivity contribution is 5.96. The quantitative estimate of drug-likeness (QED) is 0.619. The van der Waals surface area contributed by atoms with Crippen molar-refractivity contribution in [2.45, 2.75) is 38.5 Å². The van der Waals surface area contributed by atoms with Crippen molar-refractivity contribution in [1.29, 1.82) is 0 Å². The molecule has 0 aliphatic carbocycles. The molecule has 0 aromatic heterocycles. The van der Waals surface area contributed by atoms with E-state index in [4.69, 9.17) is 0 Å². The molecular weight excluding hydrogens is 312 g/mol. The van der Waals surface area contributed by atoms with E-state index < -0.39 is 35.0 Å². The lowest BCUT2D eigenvalue weighted by Crippen LogP contribution is -2.27. The maximum atomic E-state index is 12.8. The Bertz CT molecular complexity index is 521. The highest BCUT2D eigenvalue weighted by atomic mass is 19.4. The van der Waals surface area contributed by atoms with Crippen molar-refractivity contribution in [3.8, 4) is 0 Å². The molecule has 1 aromatic rings. The molecule has 1 aromatic carbocycles. The molecule has 124 valence electrons. The van der Waals surface area contributed by atoms with Gasteiger partial charge in [0.15, 0.2) is 0 Å². The molecule has 0 saturated heterocycles. The minimum Gasteiger partial charge on any atom is -0.352 e. The van der Waals surface area contributed by atoms with E-state index in [0.29, 0.717) is 12.5 Å². The zero-order valence-electron chi connectivity index (χ0n) is 11.7. The average Bonchev–Trinajstić information content (AvgIpc) is 2.40. The summed E-state index contributed by atoms with van der Waals surface area (Å²) in [5, 5.41) is 2.22. The first kappa shape index (κ1) is 18.3. The van der Waals surface area contributed by atoms with Crippen LogP contribution in [-0.4, -0.2) is 12.5 Å². The molecule has 0 spiro atoms. The average molecular weight is 327 g/mol. The minimum absolute atomic E-state index is 0.111. The van der Waals surface area contributed by atoms with Gasteiger partial charge in [-0.15, -0.1) is 0 Å². The summed E-state index contributed by atoms with van der Waals surface area (Å²) in [6, 6.07) is 0.832. The molecule has 1 rings (SSSR count). The van der Waals surface area contributed by atoms with Gasteiger partial charge < -0.3 is 5.32 Å². The van der Waals surface area contributed by atoms with Gasteiger partial charge in [0, 0.05) is 6.54 Å². The maximum Gasteiger partial charge on any atom is 0.417 e. The van der Waals surface area contributed by atoms with Gasteiger partial charge in [-0.2, -0.15) is 26.3 Å². The predicted molar refractivity (Wildman–Crippen MR) is 68.3 cm³/mol. The minimum atomic E-state index is -4.90. The molecule has 0 bridgehead atoms. The van der Waals surface area contributed by atoms with Crippen LogP contribution in [0.25, 0.3) is 0 Å². The van der Waals surface area contributed by atoms with E-state index in [1.807, 2.05) is 6.92 Å². The molecule has 22 heavy (non-hydrogen) atoms. The number of rotatable bonds is 5. The van der Waals surface area contributed by atoms with Gasteiger partial charge in [-0.1, -0.05) is 19.8 Å². The topological polar surface area (TPSA) is 29.1 Å². The van der Waals surface area contributed by atoms with Crippen LogP contribution in [0.2, 0.25) is 0 Å². The summed E-state index contributed by atoms with van der Waals surface area (Å²) < 4.78 is 76.3. The molecule has 0 unspecified atom stereocenters. The van der Waals surface area contributed by atoms with E-state index in [1.54, 1.807) is 0 Å². The zero-order valence-corrected chi connectivity index (χ0v) is 11.7. The Labute approximate surface area is 123 Å². The van der Waals surface area contributed by atoms with Crippen molar-refractivity contribution in [2.24, 2.45) is 0 Å².